The molecule has 1 aromatic rings. The lowest BCUT2D eigenvalue weighted by Crippen LogP contribution is -2.39. The first kappa shape index (κ1) is 15.4. The molecule has 1 aromatic carbocycles. The van der Waals surface area contributed by atoms with Crippen LogP contribution in [-0.4, -0.2) is 22.5 Å². The Labute approximate surface area is 121 Å². The van der Waals surface area contributed by atoms with E-state index in [1.807, 2.05) is 0 Å². The number of carbonyl (C=O) groups is 2. The predicted molar refractivity (Wildman–Crippen MR) is 71.4 cm³/mol. The summed E-state index contributed by atoms with van der Waals surface area (Å²) in [5.74, 6) is -2.35. The zero-order chi connectivity index (χ0) is 15.8. The maximum atomic E-state index is 13.3. The van der Waals surface area contributed by atoms with Crippen LogP contribution in [0, 0.1) is 11.6 Å². The molecule has 21 heavy (non-hydrogen) atoms. The summed E-state index contributed by atoms with van der Waals surface area (Å²) in [6, 6.07) is 2.75. The number of halogens is 2. The molecular formula is C15H17F2NO3. The van der Waals surface area contributed by atoms with E-state index in [1.165, 1.54) is 6.07 Å². The molecule has 1 heterocycles. The van der Waals surface area contributed by atoms with Crippen molar-refractivity contribution in [2.75, 3.05) is 0 Å². The largest absolute Gasteiger partial charge is 0.443 e. The van der Waals surface area contributed by atoms with Crippen LogP contribution in [0.15, 0.2) is 18.2 Å². The Balaban J connectivity index is 2.28. The third-order valence-electron chi connectivity index (χ3n) is 3.13. The second-order valence-electron chi connectivity index (χ2n) is 5.97. The predicted octanol–water partition coefficient (Wildman–Crippen LogP) is 3.56. The molecule has 0 aromatic heterocycles. The van der Waals surface area contributed by atoms with Gasteiger partial charge in [-0.05, 0) is 44.9 Å². The normalized spacial score (nSPS) is 19.0. The molecule has 0 spiro atoms. The van der Waals surface area contributed by atoms with Crippen molar-refractivity contribution in [3.05, 3.63) is 35.4 Å². The second-order valence-corrected chi connectivity index (χ2v) is 5.97. The first-order valence-electron chi connectivity index (χ1n) is 6.69. The molecule has 0 bridgehead atoms. The van der Waals surface area contributed by atoms with Gasteiger partial charge in [0.25, 0.3) is 0 Å². The summed E-state index contributed by atoms with van der Waals surface area (Å²) in [6.07, 6.45) is -0.230. The van der Waals surface area contributed by atoms with E-state index in [4.69, 9.17) is 4.74 Å². The molecule has 1 aliphatic heterocycles. The maximum Gasteiger partial charge on any atom is 0.417 e. The summed E-state index contributed by atoms with van der Waals surface area (Å²) >= 11 is 0. The van der Waals surface area contributed by atoms with Gasteiger partial charge < -0.3 is 4.74 Å². The summed E-state index contributed by atoms with van der Waals surface area (Å²) in [7, 11) is 0. The summed E-state index contributed by atoms with van der Waals surface area (Å²) in [5, 5.41) is 0. The van der Waals surface area contributed by atoms with Crippen LogP contribution in [0.4, 0.5) is 13.6 Å². The Hall–Kier alpha value is -1.98. The molecule has 1 atom stereocenters. The van der Waals surface area contributed by atoms with Crippen molar-refractivity contribution in [1.29, 1.82) is 0 Å². The molecule has 114 valence electrons. The Morgan fingerprint density at radius 3 is 2.52 bits per heavy atom. The fourth-order valence-electron chi connectivity index (χ4n) is 2.26. The molecule has 0 radical (unpaired) electrons. The molecule has 2 rings (SSSR count). The van der Waals surface area contributed by atoms with Crippen LogP contribution in [0.5, 0.6) is 0 Å². The number of amides is 2. The van der Waals surface area contributed by atoms with E-state index in [9.17, 15) is 18.4 Å². The minimum Gasteiger partial charge on any atom is -0.443 e. The zero-order valence-electron chi connectivity index (χ0n) is 12.2. The fraction of sp³-hybridized carbons (Fsp3) is 0.467. The van der Waals surface area contributed by atoms with Gasteiger partial charge in [-0.3, -0.25) is 4.79 Å². The van der Waals surface area contributed by atoms with Gasteiger partial charge >= 0.3 is 6.09 Å². The lowest BCUT2D eigenvalue weighted by Gasteiger charge is -2.27. The van der Waals surface area contributed by atoms with E-state index < -0.39 is 29.4 Å². The van der Waals surface area contributed by atoms with E-state index >= 15 is 0 Å². The molecule has 0 saturated carbocycles. The molecule has 1 fully saturated rings. The quantitative estimate of drug-likeness (QED) is 0.796. The molecule has 2 amide bonds. The van der Waals surface area contributed by atoms with Crippen LogP contribution in [0.1, 0.15) is 45.2 Å². The third kappa shape index (κ3) is 3.37. The highest BCUT2D eigenvalue weighted by Gasteiger charge is 2.39. The van der Waals surface area contributed by atoms with Gasteiger partial charge in [0, 0.05) is 6.42 Å². The van der Waals surface area contributed by atoms with Crippen LogP contribution in [-0.2, 0) is 9.53 Å². The zero-order valence-corrected chi connectivity index (χ0v) is 12.2. The Morgan fingerprint density at radius 2 is 1.95 bits per heavy atom. The Bertz CT molecular complexity index is 581. The Kier molecular flexibility index (Phi) is 3.98. The van der Waals surface area contributed by atoms with Crippen molar-refractivity contribution in [2.45, 2.75) is 45.3 Å². The molecule has 1 saturated heterocycles. The van der Waals surface area contributed by atoms with E-state index in [1.54, 1.807) is 20.8 Å². The summed E-state index contributed by atoms with van der Waals surface area (Å²) in [4.78, 5) is 25.0. The number of benzene rings is 1. The van der Waals surface area contributed by atoms with E-state index in [-0.39, 0.29) is 12.3 Å². The molecular weight excluding hydrogens is 280 g/mol. The number of hydrogen-bond donors (Lipinski definition) is 0. The lowest BCUT2D eigenvalue weighted by atomic mass is 10.0. The number of hydrogen-bond acceptors (Lipinski definition) is 3. The number of ether oxygens (including phenoxy) is 1. The highest BCUT2D eigenvalue weighted by atomic mass is 19.2. The molecule has 0 N–H and O–H groups in total. The Morgan fingerprint density at radius 1 is 1.29 bits per heavy atom. The SMILES string of the molecule is CC(C)(C)OC(=O)N1C(=O)CCC1c1ccc(F)c(F)c1. The highest BCUT2D eigenvalue weighted by molar-refractivity contribution is 5.94. The first-order valence-corrected chi connectivity index (χ1v) is 6.69. The van der Waals surface area contributed by atoms with Gasteiger partial charge in [-0.15, -0.1) is 0 Å². The molecule has 1 unspecified atom stereocenters. The third-order valence-corrected chi connectivity index (χ3v) is 3.13. The topological polar surface area (TPSA) is 46.6 Å². The minimum absolute atomic E-state index is 0.170. The van der Waals surface area contributed by atoms with Gasteiger partial charge in [0.15, 0.2) is 11.6 Å². The van der Waals surface area contributed by atoms with Gasteiger partial charge in [-0.25, -0.2) is 18.5 Å². The van der Waals surface area contributed by atoms with Gasteiger partial charge in [0.05, 0.1) is 6.04 Å². The van der Waals surface area contributed by atoms with Crippen molar-refractivity contribution < 1.29 is 23.1 Å². The van der Waals surface area contributed by atoms with Crippen molar-refractivity contribution in [3.63, 3.8) is 0 Å². The van der Waals surface area contributed by atoms with Crippen molar-refractivity contribution in [1.82, 2.24) is 4.90 Å². The van der Waals surface area contributed by atoms with Gasteiger partial charge in [0.2, 0.25) is 5.91 Å². The smallest absolute Gasteiger partial charge is 0.417 e. The fourth-order valence-corrected chi connectivity index (χ4v) is 2.26. The van der Waals surface area contributed by atoms with Crippen LogP contribution in [0.3, 0.4) is 0 Å². The van der Waals surface area contributed by atoms with E-state index in [0.29, 0.717) is 12.0 Å². The summed E-state index contributed by atoms with van der Waals surface area (Å²) in [5.41, 5.74) is -0.357. The number of carbonyl (C=O) groups excluding carboxylic acids is 2. The number of nitrogens with zero attached hydrogens (tertiary/aromatic N) is 1. The molecule has 1 aliphatic rings. The lowest BCUT2D eigenvalue weighted by molar-refractivity contribution is -0.128. The van der Waals surface area contributed by atoms with Crippen molar-refractivity contribution in [2.24, 2.45) is 0 Å². The van der Waals surface area contributed by atoms with Gasteiger partial charge in [-0.2, -0.15) is 0 Å². The summed E-state index contributed by atoms with van der Waals surface area (Å²) < 4.78 is 31.5. The average molecular weight is 297 g/mol. The van der Waals surface area contributed by atoms with Crippen LogP contribution < -0.4 is 0 Å². The standard InChI is InChI=1S/C15H17F2NO3/c1-15(2,3)21-14(20)18-12(6-7-13(18)19)9-4-5-10(16)11(17)8-9/h4-5,8,12H,6-7H2,1-3H3. The van der Waals surface area contributed by atoms with Crippen LogP contribution in [0.25, 0.3) is 0 Å². The van der Waals surface area contributed by atoms with Crippen molar-refractivity contribution in [3.8, 4) is 0 Å². The first-order chi connectivity index (χ1) is 9.69. The number of likely N-dealkylation sites (tertiary alicyclic amines) is 1. The highest BCUT2D eigenvalue weighted by Crippen LogP contribution is 2.34. The second kappa shape index (κ2) is 5.42. The molecule has 4 nitrogen and oxygen atoms in total. The molecule has 0 aliphatic carbocycles. The van der Waals surface area contributed by atoms with E-state index in [2.05, 4.69) is 0 Å². The average Bonchev–Trinajstić information content (AvgIpc) is 2.72. The number of imide groups is 1. The monoisotopic (exact) mass is 297 g/mol. The molecule has 6 heteroatoms. The van der Waals surface area contributed by atoms with Gasteiger partial charge in [-0.1, -0.05) is 6.07 Å². The maximum absolute atomic E-state index is 13.3. The van der Waals surface area contributed by atoms with Gasteiger partial charge in [0.1, 0.15) is 5.60 Å². The van der Waals surface area contributed by atoms with Crippen LogP contribution >= 0.6 is 0 Å². The summed E-state index contributed by atoms with van der Waals surface area (Å²) in [6.45, 7) is 5.08. The van der Waals surface area contributed by atoms with E-state index in [0.717, 1.165) is 17.0 Å². The number of rotatable bonds is 1. The minimum atomic E-state index is -1.00. The van der Waals surface area contributed by atoms with Crippen LogP contribution in [0.2, 0.25) is 0 Å². The van der Waals surface area contributed by atoms with Crippen molar-refractivity contribution >= 4 is 12.0 Å².